The van der Waals surface area contributed by atoms with Gasteiger partial charge in [0.15, 0.2) is 0 Å². The first-order chi connectivity index (χ1) is 12.4. The zero-order chi connectivity index (χ0) is 16.6. The molecule has 0 bridgehead atoms. The van der Waals surface area contributed by atoms with Crippen molar-refractivity contribution in [3.63, 3.8) is 0 Å². The van der Waals surface area contributed by atoms with Gasteiger partial charge < -0.3 is 0 Å². The summed E-state index contributed by atoms with van der Waals surface area (Å²) in [5.74, 6) is 0. The Hall–Kier alpha value is -3.12. The molecule has 0 saturated heterocycles. The molecule has 0 unspecified atom stereocenters. The van der Waals surface area contributed by atoms with Crippen LogP contribution in [0.2, 0.25) is 0 Å². The van der Waals surface area contributed by atoms with Gasteiger partial charge >= 0.3 is 0 Å². The lowest BCUT2D eigenvalue weighted by atomic mass is 9.87. The van der Waals surface area contributed by atoms with Gasteiger partial charge in [-0.2, -0.15) is 0 Å². The van der Waals surface area contributed by atoms with Crippen molar-refractivity contribution in [2.24, 2.45) is 0 Å². The van der Waals surface area contributed by atoms with Gasteiger partial charge in [-0.25, -0.2) is 0 Å². The van der Waals surface area contributed by atoms with Crippen LogP contribution < -0.4 is 0 Å². The lowest BCUT2D eigenvalue weighted by Crippen LogP contribution is -1.91. The van der Waals surface area contributed by atoms with Crippen LogP contribution in [0.3, 0.4) is 0 Å². The molecular formula is C25H18. The van der Waals surface area contributed by atoms with Crippen LogP contribution >= 0.6 is 0 Å². The highest BCUT2D eigenvalue weighted by Gasteiger charge is 2.24. The first kappa shape index (κ1) is 14.2. The second kappa shape index (κ2) is 5.75. The highest BCUT2D eigenvalue weighted by molar-refractivity contribution is 5.98. The maximum Gasteiger partial charge on any atom is -0.00132 e. The first-order valence-electron chi connectivity index (χ1n) is 8.77. The normalized spacial score (nSPS) is 11.8. The van der Waals surface area contributed by atoms with Crippen molar-refractivity contribution in [1.29, 1.82) is 0 Å². The fourth-order valence-corrected chi connectivity index (χ4v) is 3.99. The zero-order valence-electron chi connectivity index (χ0n) is 13.9. The van der Waals surface area contributed by atoms with Crippen molar-refractivity contribution in [3.8, 4) is 33.4 Å². The maximum absolute atomic E-state index is 2.31. The minimum Gasteiger partial charge on any atom is -0.0622 e. The van der Waals surface area contributed by atoms with E-state index in [1.165, 1.54) is 44.5 Å². The largest absolute Gasteiger partial charge is 0.0622 e. The molecule has 25 heavy (non-hydrogen) atoms. The third-order valence-electron chi connectivity index (χ3n) is 5.11. The standard InChI is InChI=1S/C25H18/c1-3-9-18(10-4-1)23-16-15-21-17-20-13-7-8-14-22(20)25(21)24(23)19-11-5-2-6-12-19/h1-16H,17H2. The molecule has 0 heterocycles. The van der Waals surface area contributed by atoms with Gasteiger partial charge in [-0.3, -0.25) is 0 Å². The molecule has 0 fully saturated rings. The highest BCUT2D eigenvalue weighted by atomic mass is 14.3. The molecule has 1 aliphatic carbocycles. The minimum atomic E-state index is 1.03. The van der Waals surface area contributed by atoms with Crippen LogP contribution in [0.4, 0.5) is 0 Å². The van der Waals surface area contributed by atoms with Crippen molar-refractivity contribution in [3.05, 3.63) is 108 Å². The number of hydrogen-bond acceptors (Lipinski definition) is 0. The molecule has 118 valence electrons. The Kier molecular flexibility index (Phi) is 3.28. The molecular weight excluding hydrogens is 300 g/mol. The summed E-state index contributed by atoms with van der Waals surface area (Å²) in [7, 11) is 0. The third-order valence-corrected chi connectivity index (χ3v) is 5.11. The van der Waals surface area contributed by atoms with E-state index in [9.17, 15) is 0 Å². The van der Waals surface area contributed by atoms with Gasteiger partial charge in [-0.15, -0.1) is 0 Å². The molecule has 0 saturated carbocycles. The van der Waals surface area contributed by atoms with Crippen LogP contribution in [0.15, 0.2) is 97.1 Å². The van der Waals surface area contributed by atoms with E-state index in [0.717, 1.165) is 6.42 Å². The summed E-state index contributed by atoms with van der Waals surface area (Å²) in [4.78, 5) is 0. The average Bonchev–Trinajstić information content (AvgIpc) is 3.07. The van der Waals surface area contributed by atoms with Gasteiger partial charge in [0.05, 0.1) is 0 Å². The second-order valence-corrected chi connectivity index (χ2v) is 6.59. The molecule has 0 nitrogen and oxygen atoms in total. The summed E-state index contributed by atoms with van der Waals surface area (Å²) < 4.78 is 0. The van der Waals surface area contributed by atoms with Crippen LogP contribution in [0.25, 0.3) is 33.4 Å². The van der Waals surface area contributed by atoms with Gasteiger partial charge in [0.1, 0.15) is 0 Å². The minimum absolute atomic E-state index is 1.03. The van der Waals surface area contributed by atoms with Gasteiger partial charge in [-0.1, -0.05) is 97.1 Å². The van der Waals surface area contributed by atoms with E-state index in [4.69, 9.17) is 0 Å². The predicted octanol–water partition coefficient (Wildman–Crippen LogP) is 6.59. The summed E-state index contributed by atoms with van der Waals surface area (Å²) in [6.07, 6.45) is 1.03. The van der Waals surface area contributed by atoms with E-state index in [-0.39, 0.29) is 0 Å². The fraction of sp³-hybridized carbons (Fsp3) is 0.0400. The summed E-state index contributed by atoms with van der Waals surface area (Å²) in [6, 6.07) is 34.9. The lowest BCUT2D eigenvalue weighted by molar-refractivity contribution is 1.26. The van der Waals surface area contributed by atoms with E-state index in [1.807, 2.05) is 0 Å². The van der Waals surface area contributed by atoms with Crippen molar-refractivity contribution in [2.45, 2.75) is 6.42 Å². The van der Waals surface area contributed by atoms with E-state index in [1.54, 1.807) is 0 Å². The molecule has 0 radical (unpaired) electrons. The Labute approximate surface area is 148 Å². The van der Waals surface area contributed by atoms with Crippen molar-refractivity contribution < 1.29 is 0 Å². The van der Waals surface area contributed by atoms with Gasteiger partial charge in [0, 0.05) is 0 Å². The van der Waals surface area contributed by atoms with Gasteiger partial charge in [0.25, 0.3) is 0 Å². The zero-order valence-corrected chi connectivity index (χ0v) is 13.9. The number of rotatable bonds is 2. The number of benzene rings is 4. The Morgan fingerprint density at radius 2 is 1.04 bits per heavy atom. The van der Waals surface area contributed by atoms with Crippen molar-refractivity contribution >= 4 is 0 Å². The molecule has 0 N–H and O–H groups in total. The SMILES string of the molecule is c1ccc(-c2ccc3c(c2-c2ccccc2)-c2ccccc2C3)cc1. The summed E-state index contributed by atoms with van der Waals surface area (Å²) in [6.45, 7) is 0. The average molecular weight is 318 g/mol. The van der Waals surface area contributed by atoms with Crippen LogP contribution in [-0.4, -0.2) is 0 Å². The molecule has 0 amide bonds. The Balaban J connectivity index is 1.87. The summed E-state index contributed by atoms with van der Waals surface area (Å²) in [5.41, 5.74) is 10.9. The van der Waals surface area contributed by atoms with Crippen LogP contribution in [-0.2, 0) is 6.42 Å². The molecule has 4 aromatic rings. The van der Waals surface area contributed by atoms with Crippen molar-refractivity contribution in [2.75, 3.05) is 0 Å². The molecule has 4 aromatic carbocycles. The summed E-state index contributed by atoms with van der Waals surface area (Å²) >= 11 is 0. The van der Waals surface area contributed by atoms with E-state index in [0.29, 0.717) is 0 Å². The van der Waals surface area contributed by atoms with E-state index < -0.39 is 0 Å². The quantitative estimate of drug-likeness (QED) is 0.344. The monoisotopic (exact) mass is 318 g/mol. The van der Waals surface area contributed by atoms with Gasteiger partial charge in [0.2, 0.25) is 0 Å². The molecule has 5 rings (SSSR count). The van der Waals surface area contributed by atoms with Gasteiger partial charge in [-0.05, 0) is 50.9 Å². The summed E-state index contributed by atoms with van der Waals surface area (Å²) in [5, 5.41) is 0. The molecule has 0 aliphatic heterocycles. The predicted molar refractivity (Wildman–Crippen MR) is 106 cm³/mol. The van der Waals surface area contributed by atoms with E-state index >= 15 is 0 Å². The number of fused-ring (bicyclic) bond motifs is 3. The molecule has 1 aliphatic rings. The smallest absolute Gasteiger partial charge is 0.00132 e. The Morgan fingerprint density at radius 1 is 0.400 bits per heavy atom. The van der Waals surface area contributed by atoms with E-state index in [2.05, 4.69) is 97.1 Å². The third kappa shape index (κ3) is 2.30. The molecule has 0 atom stereocenters. The lowest BCUT2D eigenvalue weighted by Gasteiger charge is -2.16. The number of hydrogen-bond donors (Lipinski definition) is 0. The van der Waals surface area contributed by atoms with Crippen LogP contribution in [0, 0.1) is 0 Å². The van der Waals surface area contributed by atoms with Crippen LogP contribution in [0.1, 0.15) is 11.1 Å². The molecule has 0 spiro atoms. The second-order valence-electron chi connectivity index (χ2n) is 6.59. The van der Waals surface area contributed by atoms with Crippen molar-refractivity contribution in [1.82, 2.24) is 0 Å². The van der Waals surface area contributed by atoms with Crippen LogP contribution in [0.5, 0.6) is 0 Å². The maximum atomic E-state index is 2.31. The highest BCUT2D eigenvalue weighted by Crippen LogP contribution is 2.47. The topological polar surface area (TPSA) is 0 Å². The molecule has 0 heteroatoms. The Bertz CT molecular complexity index is 1040. The molecule has 0 aromatic heterocycles. The first-order valence-corrected chi connectivity index (χ1v) is 8.77. The fourth-order valence-electron chi connectivity index (χ4n) is 3.99. The Morgan fingerprint density at radius 3 is 1.80 bits per heavy atom.